The van der Waals surface area contributed by atoms with Crippen molar-refractivity contribution < 1.29 is 9.15 Å². The van der Waals surface area contributed by atoms with E-state index in [1.54, 1.807) is 0 Å². The van der Waals surface area contributed by atoms with Crippen LogP contribution in [0.2, 0.25) is 0 Å². The fraction of sp³-hybridized carbons (Fsp3) is 0.0638. The highest BCUT2D eigenvalue weighted by Crippen LogP contribution is 2.56. The molecular formula is C47H30O2. The molecule has 0 bridgehead atoms. The summed E-state index contributed by atoms with van der Waals surface area (Å²) in [5.74, 6) is 1.83. The topological polar surface area (TPSA) is 22.4 Å². The molecule has 230 valence electrons. The minimum absolute atomic E-state index is 0.187. The van der Waals surface area contributed by atoms with Crippen molar-refractivity contribution >= 4 is 43.5 Å². The molecule has 0 saturated heterocycles. The van der Waals surface area contributed by atoms with Crippen LogP contribution in [-0.2, 0) is 5.41 Å². The lowest BCUT2D eigenvalue weighted by Gasteiger charge is -2.24. The highest BCUT2D eigenvalue weighted by Gasteiger charge is 2.38. The van der Waals surface area contributed by atoms with Crippen molar-refractivity contribution in [1.82, 2.24) is 0 Å². The Morgan fingerprint density at radius 1 is 0.429 bits per heavy atom. The van der Waals surface area contributed by atoms with E-state index in [4.69, 9.17) is 9.15 Å². The Balaban J connectivity index is 1.11. The van der Waals surface area contributed by atoms with E-state index in [-0.39, 0.29) is 5.41 Å². The molecule has 49 heavy (non-hydrogen) atoms. The van der Waals surface area contributed by atoms with E-state index >= 15 is 0 Å². The molecule has 2 aliphatic rings. The maximum Gasteiger partial charge on any atom is 0.135 e. The van der Waals surface area contributed by atoms with Gasteiger partial charge in [-0.3, -0.25) is 0 Å². The molecule has 0 spiro atoms. The largest absolute Gasteiger partial charge is 0.456 e. The number of fused-ring (bicyclic) bond motifs is 9. The first kappa shape index (κ1) is 26.9. The maximum absolute atomic E-state index is 6.42. The molecule has 0 radical (unpaired) electrons. The molecule has 0 atom stereocenters. The summed E-state index contributed by atoms with van der Waals surface area (Å²) in [5, 5.41) is 7.21. The molecule has 1 aliphatic heterocycles. The first-order chi connectivity index (χ1) is 24.0. The van der Waals surface area contributed by atoms with Crippen molar-refractivity contribution in [2.45, 2.75) is 19.3 Å². The number of hydrogen-bond acceptors (Lipinski definition) is 2. The third-order valence-corrected chi connectivity index (χ3v) is 11.0. The molecule has 0 fully saturated rings. The molecule has 11 rings (SSSR count). The smallest absolute Gasteiger partial charge is 0.135 e. The van der Waals surface area contributed by atoms with Crippen molar-refractivity contribution in [3.8, 4) is 56.0 Å². The average molecular weight is 627 g/mol. The van der Waals surface area contributed by atoms with Crippen molar-refractivity contribution in [1.29, 1.82) is 0 Å². The number of hydrogen-bond donors (Lipinski definition) is 0. The van der Waals surface area contributed by atoms with Crippen LogP contribution in [0.5, 0.6) is 11.5 Å². The number of furan rings is 1. The van der Waals surface area contributed by atoms with E-state index in [1.165, 1.54) is 71.6 Å². The summed E-state index contributed by atoms with van der Waals surface area (Å²) in [4.78, 5) is 0. The zero-order valence-corrected chi connectivity index (χ0v) is 27.2. The molecule has 0 saturated carbocycles. The highest BCUT2D eigenvalue weighted by molar-refractivity contribution is 6.12. The first-order valence-electron chi connectivity index (χ1n) is 17.0. The van der Waals surface area contributed by atoms with E-state index in [2.05, 4.69) is 153 Å². The Kier molecular flexibility index (Phi) is 5.21. The van der Waals surface area contributed by atoms with Crippen LogP contribution in [0, 0.1) is 0 Å². The lowest BCUT2D eigenvalue weighted by atomic mass is 9.80. The van der Waals surface area contributed by atoms with Gasteiger partial charge >= 0.3 is 0 Å². The minimum Gasteiger partial charge on any atom is -0.456 e. The average Bonchev–Trinajstić information content (AvgIpc) is 3.62. The molecule has 8 aromatic carbocycles. The van der Waals surface area contributed by atoms with Crippen LogP contribution in [0.4, 0.5) is 0 Å². The Bertz CT molecular complexity index is 2880. The monoisotopic (exact) mass is 626 g/mol. The van der Waals surface area contributed by atoms with Crippen LogP contribution in [0.15, 0.2) is 150 Å². The zero-order chi connectivity index (χ0) is 32.4. The molecule has 0 unspecified atom stereocenters. The van der Waals surface area contributed by atoms with Crippen LogP contribution in [0.1, 0.15) is 25.0 Å². The van der Waals surface area contributed by atoms with Crippen molar-refractivity contribution in [2.24, 2.45) is 0 Å². The van der Waals surface area contributed by atoms with Gasteiger partial charge in [-0.1, -0.05) is 111 Å². The molecule has 2 heteroatoms. The van der Waals surface area contributed by atoms with Crippen molar-refractivity contribution in [3.63, 3.8) is 0 Å². The van der Waals surface area contributed by atoms with Gasteiger partial charge in [-0.25, -0.2) is 0 Å². The SMILES string of the molecule is CC1(C)c2cc(-c3ccc4c(c3)-c3cccc5cccc(c35)O4)ccc2-c2c1cc1ccccc1c2-c1ccc2oc3ccccc3c2c1. The van der Waals surface area contributed by atoms with Crippen molar-refractivity contribution in [2.75, 3.05) is 0 Å². The molecule has 1 aromatic heterocycles. The van der Waals surface area contributed by atoms with Gasteiger partial charge < -0.3 is 9.15 Å². The molecule has 9 aromatic rings. The summed E-state index contributed by atoms with van der Waals surface area (Å²) in [6.45, 7) is 4.76. The second kappa shape index (κ2) is 9.49. The van der Waals surface area contributed by atoms with Gasteiger partial charge in [-0.2, -0.15) is 0 Å². The Morgan fingerprint density at radius 3 is 2.08 bits per heavy atom. The van der Waals surface area contributed by atoms with Crippen LogP contribution < -0.4 is 4.74 Å². The highest BCUT2D eigenvalue weighted by atomic mass is 16.5. The fourth-order valence-electron chi connectivity index (χ4n) is 8.65. The van der Waals surface area contributed by atoms with E-state index in [0.29, 0.717) is 0 Å². The molecule has 2 heterocycles. The van der Waals surface area contributed by atoms with Crippen LogP contribution in [-0.4, -0.2) is 0 Å². The summed E-state index contributed by atoms with van der Waals surface area (Å²) >= 11 is 0. The summed E-state index contributed by atoms with van der Waals surface area (Å²) in [6, 6.07) is 52.8. The standard InChI is InChI=1S/C47H30O2/c1-47(2)38-25-29(28-18-21-42-37(23-28)34-14-7-10-27-11-8-16-43(49-42)44(27)34)17-20-35(38)46-39(47)26-30-9-3-4-12-32(30)45(46)31-19-22-41-36(24-31)33-13-5-6-15-40(33)48-41/h3-26H,1-2H3. The van der Waals surface area contributed by atoms with Crippen LogP contribution in [0.25, 0.3) is 88.0 Å². The molecule has 0 N–H and O–H groups in total. The van der Waals surface area contributed by atoms with Crippen LogP contribution in [0.3, 0.4) is 0 Å². The fourth-order valence-corrected chi connectivity index (χ4v) is 8.65. The van der Waals surface area contributed by atoms with E-state index in [1.807, 2.05) is 6.07 Å². The van der Waals surface area contributed by atoms with E-state index < -0.39 is 0 Å². The maximum atomic E-state index is 6.42. The van der Waals surface area contributed by atoms with Gasteiger partial charge in [0.1, 0.15) is 22.7 Å². The minimum atomic E-state index is -0.187. The van der Waals surface area contributed by atoms with Gasteiger partial charge in [0, 0.05) is 27.1 Å². The summed E-state index contributed by atoms with van der Waals surface area (Å²) < 4.78 is 12.7. The van der Waals surface area contributed by atoms with Gasteiger partial charge in [0.15, 0.2) is 0 Å². The van der Waals surface area contributed by atoms with Crippen LogP contribution >= 0.6 is 0 Å². The molecular weight excluding hydrogens is 597 g/mol. The van der Waals surface area contributed by atoms with Gasteiger partial charge in [0.25, 0.3) is 0 Å². The molecule has 1 aliphatic carbocycles. The van der Waals surface area contributed by atoms with E-state index in [0.717, 1.165) is 39.0 Å². The zero-order valence-electron chi connectivity index (χ0n) is 27.2. The second-order valence-corrected chi connectivity index (χ2v) is 14.1. The Morgan fingerprint density at radius 2 is 1.16 bits per heavy atom. The summed E-state index contributed by atoms with van der Waals surface area (Å²) in [7, 11) is 0. The first-order valence-corrected chi connectivity index (χ1v) is 17.0. The number of benzene rings is 8. The number of rotatable bonds is 2. The van der Waals surface area contributed by atoms with Gasteiger partial charge in [0.2, 0.25) is 0 Å². The third-order valence-electron chi connectivity index (χ3n) is 11.0. The summed E-state index contributed by atoms with van der Waals surface area (Å²) in [5.41, 5.74) is 14.3. The van der Waals surface area contributed by atoms with E-state index in [9.17, 15) is 0 Å². The molecule has 2 nitrogen and oxygen atoms in total. The quantitative estimate of drug-likeness (QED) is 0.190. The number of para-hydroxylation sites is 1. The van der Waals surface area contributed by atoms with Crippen molar-refractivity contribution in [3.05, 3.63) is 157 Å². The van der Waals surface area contributed by atoms with Gasteiger partial charge in [-0.05, 0) is 115 Å². The van der Waals surface area contributed by atoms with Gasteiger partial charge in [0.05, 0.1) is 0 Å². The predicted octanol–water partition coefficient (Wildman–Crippen LogP) is 13.3. The lowest BCUT2D eigenvalue weighted by Crippen LogP contribution is -2.15. The number of ether oxygens (including phenoxy) is 1. The third kappa shape index (κ3) is 3.66. The Hall–Kier alpha value is -6.12. The second-order valence-electron chi connectivity index (χ2n) is 14.1. The summed E-state index contributed by atoms with van der Waals surface area (Å²) in [6.07, 6.45) is 0. The van der Waals surface area contributed by atoms with Gasteiger partial charge in [-0.15, -0.1) is 0 Å². The Labute approximate surface area is 283 Å². The normalized spacial score (nSPS) is 13.8. The lowest BCUT2D eigenvalue weighted by molar-refractivity contribution is 0.487. The molecule has 0 amide bonds. The predicted molar refractivity (Wildman–Crippen MR) is 203 cm³/mol.